The third-order valence-corrected chi connectivity index (χ3v) is 2.95. The first-order chi connectivity index (χ1) is 7.77. The first-order valence-electron chi connectivity index (χ1n) is 5.65. The van der Waals surface area contributed by atoms with Gasteiger partial charge in [-0.05, 0) is 32.9 Å². The smallest absolute Gasteiger partial charge is 0.288 e. The van der Waals surface area contributed by atoms with Crippen LogP contribution in [0.5, 0.6) is 0 Å². The lowest BCUT2D eigenvalue weighted by Gasteiger charge is -2.23. The summed E-state index contributed by atoms with van der Waals surface area (Å²) in [7, 11) is 0. The summed E-state index contributed by atoms with van der Waals surface area (Å²) in [6, 6.07) is 0.384. The SMILES string of the molecule is CC(CNC(=O)c1ncn[nH]1)N1CCCC1. The number of carbonyl (C=O) groups is 1. The molecule has 1 aromatic rings. The van der Waals surface area contributed by atoms with Crippen LogP contribution in [0.3, 0.4) is 0 Å². The molecule has 88 valence electrons. The number of aromatic nitrogens is 3. The van der Waals surface area contributed by atoms with Crippen LogP contribution in [0.1, 0.15) is 30.4 Å². The normalized spacial score (nSPS) is 18.6. The maximum atomic E-state index is 11.6. The Morgan fingerprint density at radius 2 is 2.38 bits per heavy atom. The van der Waals surface area contributed by atoms with Crippen molar-refractivity contribution < 1.29 is 4.79 Å². The Kier molecular flexibility index (Phi) is 3.51. The van der Waals surface area contributed by atoms with Gasteiger partial charge in [-0.2, -0.15) is 5.10 Å². The molecule has 0 radical (unpaired) electrons. The predicted molar refractivity (Wildman–Crippen MR) is 59.0 cm³/mol. The summed E-state index contributed by atoms with van der Waals surface area (Å²) < 4.78 is 0. The van der Waals surface area contributed by atoms with Gasteiger partial charge in [-0.1, -0.05) is 0 Å². The van der Waals surface area contributed by atoms with Gasteiger partial charge >= 0.3 is 0 Å². The van der Waals surface area contributed by atoms with E-state index in [1.807, 2.05) is 0 Å². The summed E-state index contributed by atoms with van der Waals surface area (Å²) in [4.78, 5) is 17.8. The highest BCUT2D eigenvalue weighted by Crippen LogP contribution is 2.10. The number of amides is 1. The topological polar surface area (TPSA) is 73.9 Å². The summed E-state index contributed by atoms with van der Waals surface area (Å²) in [5, 5.41) is 9.03. The minimum atomic E-state index is -0.191. The summed E-state index contributed by atoms with van der Waals surface area (Å²) in [6.07, 6.45) is 3.86. The van der Waals surface area contributed by atoms with Gasteiger partial charge in [0.2, 0.25) is 5.82 Å². The molecule has 1 unspecified atom stereocenters. The molecule has 6 heteroatoms. The molecule has 1 amide bonds. The van der Waals surface area contributed by atoms with Gasteiger partial charge in [-0.25, -0.2) is 4.98 Å². The Morgan fingerprint density at radius 3 is 3.00 bits per heavy atom. The third kappa shape index (κ3) is 2.57. The Balaban J connectivity index is 1.76. The lowest BCUT2D eigenvalue weighted by molar-refractivity contribution is 0.0930. The van der Waals surface area contributed by atoms with E-state index in [2.05, 4.69) is 32.3 Å². The number of aromatic amines is 1. The van der Waals surface area contributed by atoms with E-state index >= 15 is 0 Å². The second-order valence-electron chi connectivity index (χ2n) is 4.14. The van der Waals surface area contributed by atoms with Crippen LogP contribution < -0.4 is 5.32 Å². The van der Waals surface area contributed by atoms with Crippen LogP contribution in [0.2, 0.25) is 0 Å². The second-order valence-corrected chi connectivity index (χ2v) is 4.14. The summed E-state index contributed by atoms with van der Waals surface area (Å²) in [5.41, 5.74) is 0. The van der Waals surface area contributed by atoms with E-state index < -0.39 is 0 Å². The van der Waals surface area contributed by atoms with E-state index in [4.69, 9.17) is 0 Å². The minimum Gasteiger partial charge on any atom is -0.348 e. The fourth-order valence-corrected chi connectivity index (χ4v) is 1.95. The second kappa shape index (κ2) is 5.07. The zero-order valence-electron chi connectivity index (χ0n) is 9.44. The highest BCUT2D eigenvalue weighted by molar-refractivity contribution is 5.90. The van der Waals surface area contributed by atoms with Gasteiger partial charge < -0.3 is 5.32 Å². The van der Waals surface area contributed by atoms with Crippen molar-refractivity contribution in [1.82, 2.24) is 25.4 Å². The van der Waals surface area contributed by atoms with E-state index in [0.29, 0.717) is 12.6 Å². The van der Waals surface area contributed by atoms with Gasteiger partial charge in [0.15, 0.2) is 0 Å². The van der Waals surface area contributed by atoms with Crippen LogP contribution in [-0.4, -0.2) is 51.7 Å². The number of carbonyl (C=O) groups excluding carboxylic acids is 1. The summed E-state index contributed by atoms with van der Waals surface area (Å²) >= 11 is 0. The average Bonchev–Trinajstić information content (AvgIpc) is 2.95. The van der Waals surface area contributed by atoms with Crippen molar-refractivity contribution in [3.05, 3.63) is 12.2 Å². The molecule has 0 aliphatic carbocycles. The maximum Gasteiger partial charge on any atom is 0.288 e. The maximum absolute atomic E-state index is 11.6. The number of likely N-dealkylation sites (tertiary alicyclic amines) is 1. The molecule has 0 bridgehead atoms. The van der Waals surface area contributed by atoms with E-state index in [9.17, 15) is 4.79 Å². The molecule has 1 aliphatic rings. The number of nitrogens with zero attached hydrogens (tertiary/aromatic N) is 3. The van der Waals surface area contributed by atoms with Crippen molar-refractivity contribution in [1.29, 1.82) is 0 Å². The van der Waals surface area contributed by atoms with Crippen LogP contribution in [-0.2, 0) is 0 Å². The van der Waals surface area contributed by atoms with E-state index in [1.165, 1.54) is 19.2 Å². The predicted octanol–water partition coefficient (Wildman–Crippen LogP) is 0.0188. The molecule has 2 rings (SSSR count). The molecule has 2 N–H and O–H groups in total. The first-order valence-corrected chi connectivity index (χ1v) is 5.65. The van der Waals surface area contributed by atoms with Gasteiger partial charge in [-0.3, -0.25) is 14.8 Å². The van der Waals surface area contributed by atoms with Crippen LogP contribution >= 0.6 is 0 Å². The zero-order valence-corrected chi connectivity index (χ0v) is 9.44. The largest absolute Gasteiger partial charge is 0.348 e. The number of hydrogen-bond donors (Lipinski definition) is 2. The van der Waals surface area contributed by atoms with Crippen molar-refractivity contribution in [2.24, 2.45) is 0 Å². The van der Waals surface area contributed by atoms with E-state index in [1.54, 1.807) is 0 Å². The van der Waals surface area contributed by atoms with Crippen molar-refractivity contribution in [2.45, 2.75) is 25.8 Å². The third-order valence-electron chi connectivity index (χ3n) is 2.95. The highest BCUT2D eigenvalue weighted by Gasteiger charge is 2.18. The first kappa shape index (κ1) is 11.1. The average molecular weight is 223 g/mol. The monoisotopic (exact) mass is 223 g/mol. The van der Waals surface area contributed by atoms with E-state index in [0.717, 1.165) is 13.1 Å². The molecule has 1 atom stereocenters. The molecule has 6 nitrogen and oxygen atoms in total. The van der Waals surface area contributed by atoms with Crippen LogP contribution in [0.25, 0.3) is 0 Å². The molecule has 0 aromatic carbocycles. The number of H-pyrrole nitrogens is 1. The molecule has 1 fully saturated rings. The fraction of sp³-hybridized carbons (Fsp3) is 0.700. The van der Waals surface area contributed by atoms with Crippen molar-refractivity contribution in [3.8, 4) is 0 Å². The van der Waals surface area contributed by atoms with Gasteiger partial charge in [-0.15, -0.1) is 0 Å². The number of nitrogens with one attached hydrogen (secondary N) is 2. The number of rotatable bonds is 4. The lowest BCUT2D eigenvalue weighted by atomic mass is 10.3. The van der Waals surface area contributed by atoms with E-state index in [-0.39, 0.29) is 11.7 Å². The summed E-state index contributed by atoms with van der Waals surface area (Å²) in [5.74, 6) is 0.0807. The molecular formula is C10H17N5O. The molecule has 1 aromatic heterocycles. The van der Waals surface area contributed by atoms with Crippen LogP contribution in [0.15, 0.2) is 6.33 Å². The highest BCUT2D eigenvalue weighted by atomic mass is 16.2. The van der Waals surface area contributed by atoms with Crippen LogP contribution in [0, 0.1) is 0 Å². The quantitative estimate of drug-likeness (QED) is 0.754. The molecule has 1 saturated heterocycles. The standard InChI is InChI=1S/C10H17N5O/c1-8(15-4-2-3-5-15)6-11-10(16)9-12-7-13-14-9/h7-8H,2-6H2,1H3,(H,11,16)(H,12,13,14). The molecule has 0 saturated carbocycles. The van der Waals surface area contributed by atoms with Crippen molar-refractivity contribution in [3.63, 3.8) is 0 Å². The molecular weight excluding hydrogens is 206 g/mol. The molecule has 0 spiro atoms. The van der Waals surface area contributed by atoms with Gasteiger partial charge in [0.25, 0.3) is 5.91 Å². The Morgan fingerprint density at radius 1 is 1.62 bits per heavy atom. The summed E-state index contributed by atoms with van der Waals surface area (Å²) in [6.45, 7) is 5.06. The van der Waals surface area contributed by atoms with Crippen molar-refractivity contribution >= 4 is 5.91 Å². The molecule has 2 heterocycles. The Hall–Kier alpha value is -1.43. The van der Waals surface area contributed by atoms with Gasteiger partial charge in [0, 0.05) is 12.6 Å². The lowest BCUT2D eigenvalue weighted by Crippen LogP contribution is -2.40. The molecule has 1 aliphatic heterocycles. The van der Waals surface area contributed by atoms with Gasteiger partial charge in [0.05, 0.1) is 0 Å². The van der Waals surface area contributed by atoms with Crippen molar-refractivity contribution in [2.75, 3.05) is 19.6 Å². The fourth-order valence-electron chi connectivity index (χ4n) is 1.95. The van der Waals surface area contributed by atoms with Crippen LogP contribution in [0.4, 0.5) is 0 Å². The van der Waals surface area contributed by atoms with Gasteiger partial charge in [0.1, 0.15) is 6.33 Å². The number of hydrogen-bond acceptors (Lipinski definition) is 4. The minimum absolute atomic E-state index is 0.191. The zero-order chi connectivity index (χ0) is 11.4. The Bertz CT molecular complexity index is 331. The Labute approximate surface area is 94.4 Å². The molecule has 16 heavy (non-hydrogen) atoms.